The molecule has 2 aromatic rings. The number of aromatic nitrogens is 2. The van der Waals surface area contributed by atoms with Crippen molar-refractivity contribution in [3.63, 3.8) is 0 Å². The normalized spacial score (nSPS) is 10.8. The summed E-state index contributed by atoms with van der Waals surface area (Å²) in [5.41, 5.74) is 1.52. The van der Waals surface area contributed by atoms with Crippen molar-refractivity contribution in [3.05, 3.63) is 59.7 Å². The lowest BCUT2D eigenvalue weighted by Crippen LogP contribution is -2.36. The lowest BCUT2D eigenvalue weighted by molar-refractivity contribution is -0.687. The van der Waals surface area contributed by atoms with Crippen LogP contribution in [0, 0.1) is 0 Å². The van der Waals surface area contributed by atoms with Crippen LogP contribution < -0.4 is 4.57 Å². The van der Waals surface area contributed by atoms with Crippen LogP contribution >= 0.6 is 0 Å². The summed E-state index contributed by atoms with van der Waals surface area (Å²) in [7, 11) is 0. The number of hydrogen-bond donors (Lipinski definition) is 1. The van der Waals surface area contributed by atoms with Crippen molar-refractivity contribution in [2.75, 3.05) is 6.61 Å². The number of esters is 1. The number of imidazole rings is 1. The molecule has 22 heavy (non-hydrogen) atoms. The summed E-state index contributed by atoms with van der Waals surface area (Å²) < 4.78 is 6.78. The topological polar surface area (TPSA) is 63.0 Å². The molecule has 0 atom stereocenters. The van der Waals surface area contributed by atoms with E-state index in [1.54, 1.807) is 25.3 Å². The molecule has 0 saturated heterocycles. The molecule has 1 N–H and O–H groups in total. The van der Waals surface area contributed by atoms with Crippen molar-refractivity contribution in [1.82, 2.24) is 4.98 Å². The van der Waals surface area contributed by atoms with Gasteiger partial charge in [-0.15, -0.1) is 0 Å². The van der Waals surface area contributed by atoms with Crippen LogP contribution in [0.5, 0.6) is 0 Å². The minimum atomic E-state index is -0.313. The second-order valence-electron chi connectivity index (χ2n) is 4.76. The Morgan fingerprint density at radius 2 is 2.00 bits per heavy atom. The molecule has 114 valence electrons. The van der Waals surface area contributed by atoms with Crippen molar-refractivity contribution >= 4 is 17.8 Å². The number of nitrogens with zero attached hydrogens (tertiary/aromatic N) is 1. The predicted octanol–water partition coefficient (Wildman–Crippen LogP) is 2.39. The molecule has 5 nitrogen and oxygen atoms in total. The highest BCUT2D eigenvalue weighted by Gasteiger charge is 2.13. The Labute approximate surface area is 129 Å². The molecule has 2 rings (SSSR count). The smallest absolute Gasteiger partial charge is 0.338 e. The van der Waals surface area contributed by atoms with E-state index in [9.17, 15) is 9.59 Å². The molecular weight excluding hydrogens is 280 g/mol. The zero-order chi connectivity index (χ0) is 15.9. The van der Waals surface area contributed by atoms with Gasteiger partial charge in [-0.25, -0.2) is 14.3 Å². The monoisotopic (exact) mass is 299 g/mol. The molecule has 1 aromatic carbocycles. The number of ketones is 1. The van der Waals surface area contributed by atoms with Crippen LogP contribution in [0.25, 0.3) is 6.08 Å². The number of hydrogen-bond acceptors (Lipinski definition) is 3. The molecule has 0 unspecified atom stereocenters. The molecule has 5 heteroatoms. The molecule has 0 spiro atoms. The molecule has 0 amide bonds. The number of benzene rings is 1. The molecule has 0 saturated carbocycles. The summed E-state index contributed by atoms with van der Waals surface area (Å²) in [5, 5.41) is 0. The maximum Gasteiger partial charge on any atom is 0.338 e. The van der Waals surface area contributed by atoms with Gasteiger partial charge in [0.15, 0.2) is 0 Å². The fourth-order valence-corrected chi connectivity index (χ4v) is 2.07. The Morgan fingerprint density at radius 1 is 1.27 bits per heavy atom. The van der Waals surface area contributed by atoms with Gasteiger partial charge in [-0.05, 0) is 30.7 Å². The van der Waals surface area contributed by atoms with Gasteiger partial charge < -0.3 is 4.74 Å². The van der Waals surface area contributed by atoms with Gasteiger partial charge in [0.1, 0.15) is 18.9 Å². The van der Waals surface area contributed by atoms with E-state index in [-0.39, 0.29) is 11.8 Å². The molecule has 0 fully saturated rings. The van der Waals surface area contributed by atoms with Gasteiger partial charge in [0.05, 0.1) is 12.2 Å². The number of Topliss-reactive ketones (excluding diaryl/α,β-unsaturated/α-hetero) is 1. The Bertz CT molecular complexity index is 684. The number of rotatable bonds is 6. The van der Waals surface area contributed by atoms with Gasteiger partial charge in [-0.1, -0.05) is 18.2 Å². The Kier molecular flexibility index (Phi) is 5.25. The molecule has 1 heterocycles. The second kappa shape index (κ2) is 7.36. The fourth-order valence-electron chi connectivity index (χ4n) is 2.07. The minimum Gasteiger partial charge on any atom is -0.462 e. The van der Waals surface area contributed by atoms with Gasteiger partial charge in [0.25, 0.3) is 0 Å². The third-order valence-electron chi connectivity index (χ3n) is 3.13. The zero-order valence-electron chi connectivity index (χ0n) is 12.7. The van der Waals surface area contributed by atoms with Crippen molar-refractivity contribution in [2.24, 2.45) is 0 Å². The maximum absolute atomic E-state index is 11.5. The third-order valence-corrected chi connectivity index (χ3v) is 3.13. The number of H-pyrrole nitrogens is 1. The van der Waals surface area contributed by atoms with Crippen LogP contribution in [0.4, 0.5) is 0 Å². The highest BCUT2D eigenvalue weighted by molar-refractivity contribution is 5.89. The molecule has 0 radical (unpaired) electrons. The number of carbonyl (C=O) groups is 2. The molecule has 0 bridgehead atoms. The molecule has 1 aromatic heterocycles. The van der Waals surface area contributed by atoms with Crippen LogP contribution in [0.15, 0.2) is 42.7 Å². The number of carbonyl (C=O) groups excluding carboxylic acids is 2. The highest BCUT2D eigenvalue weighted by atomic mass is 16.5. The number of ether oxygens (including phenoxy) is 1. The minimum absolute atomic E-state index is 0.00260. The first kappa shape index (κ1) is 15.7. The first-order valence-electron chi connectivity index (χ1n) is 7.13. The summed E-state index contributed by atoms with van der Waals surface area (Å²) in [6.07, 6.45) is 7.46. The summed E-state index contributed by atoms with van der Waals surface area (Å²) in [6.45, 7) is 4.27. The average molecular weight is 299 g/mol. The Balaban J connectivity index is 2.00. The average Bonchev–Trinajstić information content (AvgIpc) is 2.97. The first-order chi connectivity index (χ1) is 10.6. The summed E-state index contributed by atoms with van der Waals surface area (Å²) in [6, 6.07) is 7.19. The van der Waals surface area contributed by atoms with Crippen molar-refractivity contribution in [2.45, 2.75) is 20.4 Å². The van der Waals surface area contributed by atoms with E-state index in [0.717, 1.165) is 5.56 Å². The standard InChI is InChI=1S/C17H18N2O3/c1-3-22-17(21)15-8-6-14(7-9-15)5-4-11-19-12-10-18-16(19)13(2)20/h4-10,12H,3,11H2,1-2H3/p+1. The van der Waals surface area contributed by atoms with E-state index >= 15 is 0 Å². The van der Waals surface area contributed by atoms with E-state index in [1.165, 1.54) is 6.92 Å². The lowest BCUT2D eigenvalue weighted by atomic mass is 10.1. The van der Waals surface area contributed by atoms with E-state index < -0.39 is 0 Å². The predicted molar refractivity (Wildman–Crippen MR) is 82.4 cm³/mol. The summed E-state index contributed by atoms with van der Waals surface area (Å²) in [4.78, 5) is 25.9. The summed E-state index contributed by atoms with van der Waals surface area (Å²) >= 11 is 0. The van der Waals surface area contributed by atoms with Gasteiger partial charge in [0.2, 0.25) is 5.78 Å². The van der Waals surface area contributed by atoms with Crippen molar-refractivity contribution in [3.8, 4) is 0 Å². The van der Waals surface area contributed by atoms with Crippen molar-refractivity contribution in [1.29, 1.82) is 0 Å². The van der Waals surface area contributed by atoms with Crippen LogP contribution in [0.1, 0.15) is 40.4 Å². The highest BCUT2D eigenvalue weighted by Crippen LogP contribution is 2.07. The van der Waals surface area contributed by atoms with E-state index in [4.69, 9.17) is 4.74 Å². The van der Waals surface area contributed by atoms with Crippen LogP contribution in [0.3, 0.4) is 0 Å². The number of allylic oxidation sites excluding steroid dienone is 1. The van der Waals surface area contributed by atoms with Gasteiger partial charge >= 0.3 is 11.8 Å². The van der Waals surface area contributed by atoms with Gasteiger partial charge in [0, 0.05) is 6.92 Å². The van der Waals surface area contributed by atoms with E-state index in [2.05, 4.69) is 4.98 Å². The van der Waals surface area contributed by atoms with E-state index in [1.807, 2.05) is 35.0 Å². The number of nitrogens with one attached hydrogen (secondary N) is 1. The van der Waals surface area contributed by atoms with Crippen LogP contribution in [0.2, 0.25) is 0 Å². The quantitative estimate of drug-likeness (QED) is 0.506. The fraction of sp³-hybridized carbons (Fsp3) is 0.235. The van der Waals surface area contributed by atoms with Gasteiger partial charge in [-0.2, -0.15) is 0 Å². The van der Waals surface area contributed by atoms with Gasteiger partial charge in [-0.3, -0.25) is 4.79 Å². The van der Waals surface area contributed by atoms with Crippen LogP contribution in [-0.4, -0.2) is 23.3 Å². The molecule has 0 aliphatic heterocycles. The largest absolute Gasteiger partial charge is 0.462 e. The van der Waals surface area contributed by atoms with E-state index in [0.29, 0.717) is 24.5 Å². The summed E-state index contributed by atoms with van der Waals surface area (Å²) in [5.74, 6) is 0.256. The van der Waals surface area contributed by atoms with Crippen molar-refractivity contribution < 1.29 is 18.9 Å². The first-order valence-corrected chi connectivity index (χ1v) is 7.13. The SMILES string of the molecule is CCOC(=O)c1ccc(C=CC[n+]2cc[nH]c2C(C)=O)cc1. The zero-order valence-corrected chi connectivity index (χ0v) is 12.7. The molecule has 0 aliphatic carbocycles. The second-order valence-corrected chi connectivity index (χ2v) is 4.76. The lowest BCUT2D eigenvalue weighted by Gasteiger charge is -2.01. The number of aromatic amines is 1. The third kappa shape index (κ3) is 3.91. The Morgan fingerprint density at radius 3 is 2.64 bits per heavy atom. The Hall–Kier alpha value is -2.69. The van der Waals surface area contributed by atoms with Crippen LogP contribution in [-0.2, 0) is 11.3 Å². The maximum atomic E-state index is 11.5. The molecular formula is C17H19N2O3+. The molecule has 0 aliphatic rings.